The molecule has 7 heteroatoms. The summed E-state index contributed by atoms with van der Waals surface area (Å²) >= 11 is 0. The molecule has 0 radical (unpaired) electrons. The number of carbonyl (C=O) groups is 1. The summed E-state index contributed by atoms with van der Waals surface area (Å²) in [6.07, 6.45) is 6.05. The predicted molar refractivity (Wildman–Crippen MR) is 99.2 cm³/mol. The van der Waals surface area contributed by atoms with E-state index < -0.39 is 10.0 Å². The number of benzene rings is 1. The molecule has 1 heterocycles. The van der Waals surface area contributed by atoms with Crippen molar-refractivity contribution >= 4 is 15.9 Å². The van der Waals surface area contributed by atoms with Gasteiger partial charge in [0, 0.05) is 37.7 Å². The molecule has 136 valence electrons. The van der Waals surface area contributed by atoms with Crippen molar-refractivity contribution in [1.82, 2.24) is 14.2 Å². The number of rotatable bonds is 9. The minimum absolute atomic E-state index is 0.0591. The maximum Gasteiger partial charge on any atom is 0.224 e. The normalized spacial score (nSPS) is 11.6. The summed E-state index contributed by atoms with van der Waals surface area (Å²) in [7, 11) is -3.17. The van der Waals surface area contributed by atoms with E-state index in [2.05, 4.69) is 5.32 Å². The van der Waals surface area contributed by atoms with Gasteiger partial charge in [0.1, 0.15) is 0 Å². The molecule has 1 amide bonds. The molecule has 1 aromatic heterocycles. The summed E-state index contributed by atoms with van der Waals surface area (Å²) in [5.41, 5.74) is 1.99. The Labute approximate surface area is 149 Å². The fourth-order valence-corrected chi connectivity index (χ4v) is 3.51. The average Bonchev–Trinajstić information content (AvgIpc) is 3.09. The quantitative estimate of drug-likeness (QED) is 0.691. The van der Waals surface area contributed by atoms with Crippen molar-refractivity contribution in [3.63, 3.8) is 0 Å². The van der Waals surface area contributed by atoms with Crippen molar-refractivity contribution < 1.29 is 13.2 Å². The van der Waals surface area contributed by atoms with E-state index in [0.717, 1.165) is 11.3 Å². The Kier molecular flexibility index (Phi) is 6.78. The Morgan fingerprint density at radius 1 is 1.16 bits per heavy atom. The van der Waals surface area contributed by atoms with Gasteiger partial charge >= 0.3 is 0 Å². The molecule has 0 bridgehead atoms. The first kappa shape index (κ1) is 19.2. The van der Waals surface area contributed by atoms with Crippen molar-refractivity contribution in [2.24, 2.45) is 0 Å². The second-order valence-corrected chi connectivity index (χ2v) is 7.87. The van der Waals surface area contributed by atoms with Gasteiger partial charge in [0.05, 0.1) is 12.7 Å². The molecule has 1 aromatic carbocycles. The molecule has 0 aliphatic carbocycles. The van der Waals surface area contributed by atoms with E-state index in [1.807, 2.05) is 53.4 Å². The zero-order chi connectivity index (χ0) is 18.3. The van der Waals surface area contributed by atoms with Gasteiger partial charge in [-0.15, -0.1) is 0 Å². The lowest BCUT2D eigenvalue weighted by molar-refractivity contribution is -0.120. The third-order valence-electron chi connectivity index (χ3n) is 3.93. The molecule has 0 saturated heterocycles. The van der Waals surface area contributed by atoms with E-state index in [1.54, 1.807) is 6.92 Å². The van der Waals surface area contributed by atoms with Gasteiger partial charge in [-0.3, -0.25) is 4.79 Å². The number of sulfonamides is 1. The highest BCUT2D eigenvalue weighted by Gasteiger charge is 2.13. The lowest BCUT2D eigenvalue weighted by Gasteiger charge is -2.17. The fraction of sp³-hybridized carbons (Fsp3) is 0.389. The van der Waals surface area contributed by atoms with Gasteiger partial charge in [0.15, 0.2) is 0 Å². The summed E-state index contributed by atoms with van der Waals surface area (Å²) < 4.78 is 26.4. The Morgan fingerprint density at radius 3 is 2.36 bits per heavy atom. The number of hydrogen-bond donors (Lipinski definition) is 1. The van der Waals surface area contributed by atoms with E-state index in [-0.39, 0.29) is 5.91 Å². The van der Waals surface area contributed by atoms with Crippen molar-refractivity contribution in [3.05, 3.63) is 54.4 Å². The summed E-state index contributed by atoms with van der Waals surface area (Å²) in [5, 5.41) is 2.84. The maximum atomic E-state index is 12.0. The van der Waals surface area contributed by atoms with Gasteiger partial charge in [-0.25, -0.2) is 12.7 Å². The fourth-order valence-electron chi connectivity index (χ4n) is 2.58. The first-order chi connectivity index (χ1) is 11.9. The Balaban J connectivity index is 1.75. The Bertz CT molecular complexity index is 768. The number of carbonyl (C=O) groups excluding carboxylic acids is 1. The smallest absolute Gasteiger partial charge is 0.224 e. The first-order valence-electron chi connectivity index (χ1n) is 8.34. The summed E-state index contributed by atoms with van der Waals surface area (Å²) in [4.78, 5) is 12.0. The third kappa shape index (κ3) is 6.03. The van der Waals surface area contributed by atoms with Crippen LogP contribution in [0.3, 0.4) is 0 Å². The van der Waals surface area contributed by atoms with Crippen LogP contribution in [0.4, 0.5) is 0 Å². The number of amides is 1. The number of nitrogens with one attached hydrogen (secondary N) is 1. The van der Waals surface area contributed by atoms with Crippen LogP contribution in [0.1, 0.15) is 18.9 Å². The van der Waals surface area contributed by atoms with Crippen LogP contribution in [0, 0.1) is 0 Å². The van der Waals surface area contributed by atoms with Crippen molar-refractivity contribution in [1.29, 1.82) is 0 Å². The molecule has 0 spiro atoms. The highest BCUT2D eigenvalue weighted by Crippen LogP contribution is 2.10. The molecule has 25 heavy (non-hydrogen) atoms. The molecule has 0 atom stereocenters. The highest BCUT2D eigenvalue weighted by atomic mass is 32.2. The minimum atomic E-state index is -3.17. The van der Waals surface area contributed by atoms with Crippen LogP contribution in [0.2, 0.25) is 0 Å². The van der Waals surface area contributed by atoms with E-state index in [9.17, 15) is 13.2 Å². The maximum absolute atomic E-state index is 12.0. The highest BCUT2D eigenvalue weighted by molar-refractivity contribution is 7.88. The van der Waals surface area contributed by atoms with E-state index in [4.69, 9.17) is 0 Å². The standard InChI is InChI=1S/C18H25N3O3S/c1-3-21(25(2,23)24)14-6-11-19-18(22)15-16-7-9-17(10-8-16)20-12-4-5-13-20/h4-5,7-10,12-13H,3,6,11,14-15H2,1-2H3,(H,19,22). The molecule has 0 fully saturated rings. The van der Waals surface area contributed by atoms with Gasteiger partial charge in [0.2, 0.25) is 15.9 Å². The van der Waals surface area contributed by atoms with Gasteiger partial charge < -0.3 is 9.88 Å². The zero-order valence-electron chi connectivity index (χ0n) is 14.7. The first-order valence-corrected chi connectivity index (χ1v) is 10.2. The summed E-state index contributed by atoms with van der Waals surface area (Å²) in [6, 6.07) is 11.8. The zero-order valence-corrected chi connectivity index (χ0v) is 15.5. The van der Waals surface area contributed by atoms with Crippen LogP contribution >= 0.6 is 0 Å². The molecule has 6 nitrogen and oxygen atoms in total. The Hall–Kier alpha value is -2.12. The van der Waals surface area contributed by atoms with E-state index in [1.165, 1.54) is 10.6 Å². The molecule has 0 aliphatic rings. The summed E-state index contributed by atoms with van der Waals surface area (Å²) in [6.45, 7) is 3.13. The van der Waals surface area contributed by atoms with Gasteiger partial charge in [-0.05, 0) is 36.2 Å². The molecule has 0 aliphatic heterocycles. The van der Waals surface area contributed by atoms with Crippen LogP contribution in [-0.2, 0) is 21.2 Å². The largest absolute Gasteiger partial charge is 0.356 e. The lowest BCUT2D eigenvalue weighted by atomic mass is 10.1. The van der Waals surface area contributed by atoms with Crippen LogP contribution in [0.25, 0.3) is 5.69 Å². The second kappa shape index (κ2) is 8.82. The molecule has 0 saturated carbocycles. The molecule has 0 unspecified atom stereocenters. The topological polar surface area (TPSA) is 71.4 Å². The third-order valence-corrected chi connectivity index (χ3v) is 5.31. The van der Waals surface area contributed by atoms with Gasteiger partial charge in [-0.2, -0.15) is 0 Å². The van der Waals surface area contributed by atoms with Crippen LogP contribution in [-0.4, -0.2) is 49.1 Å². The van der Waals surface area contributed by atoms with Crippen molar-refractivity contribution in [3.8, 4) is 5.69 Å². The molecular weight excluding hydrogens is 338 g/mol. The SMILES string of the molecule is CCN(CCCNC(=O)Cc1ccc(-n2cccc2)cc1)S(C)(=O)=O. The van der Waals surface area contributed by atoms with Crippen molar-refractivity contribution in [2.45, 2.75) is 19.8 Å². The van der Waals surface area contributed by atoms with Crippen molar-refractivity contribution in [2.75, 3.05) is 25.9 Å². The van der Waals surface area contributed by atoms with Gasteiger partial charge in [-0.1, -0.05) is 19.1 Å². The van der Waals surface area contributed by atoms with Crippen LogP contribution in [0.15, 0.2) is 48.8 Å². The summed E-state index contributed by atoms with van der Waals surface area (Å²) in [5.74, 6) is -0.0591. The molecule has 1 N–H and O–H groups in total. The van der Waals surface area contributed by atoms with E-state index in [0.29, 0.717) is 32.5 Å². The van der Waals surface area contributed by atoms with Crippen LogP contribution in [0.5, 0.6) is 0 Å². The lowest BCUT2D eigenvalue weighted by Crippen LogP contribution is -2.33. The van der Waals surface area contributed by atoms with E-state index >= 15 is 0 Å². The number of hydrogen-bond acceptors (Lipinski definition) is 3. The molecule has 2 aromatic rings. The monoisotopic (exact) mass is 363 g/mol. The number of aromatic nitrogens is 1. The Morgan fingerprint density at radius 2 is 1.80 bits per heavy atom. The second-order valence-electron chi connectivity index (χ2n) is 5.89. The van der Waals surface area contributed by atoms with Gasteiger partial charge in [0.25, 0.3) is 0 Å². The van der Waals surface area contributed by atoms with Crippen LogP contribution < -0.4 is 5.32 Å². The average molecular weight is 363 g/mol. The molecule has 2 rings (SSSR count). The predicted octanol–water partition coefficient (Wildman–Crippen LogP) is 1.81. The minimum Gasteiger partial charge on any atom is -0.356 e. The molecular formula is C18H25N3O3S. The number of nitrogens with zero attached hydrogens (tertiary/aromatic N) is 2.